The fourth-order valence-electron chi connectivity index (χ4n) is 2.87. The number of carbonyl (C=O) groups is 1. The Balaban J connectivity index is 1.43. The van der Waals surface area contributed by atoms with Crippen molar-refractivity contribution in [2.45, 2.75) is 37.5 Å². The van der Waals surface area contributed by atoms with Crippen LogP contribution in [0.3, 0.4) is 0 Å². The van der Waals surface area contributed by atoms with E-state index in [0.717, 1.165) is 29.7 Å². The number of amides is 1. The van der Waals surface area contributed by atoms with Crippen LogP contribution in [0.2, 0.25) is 0 Å². The van der Waals surface area contributed by atoms with Crippen molar-refractivity contribution in [3.63, 3.8) is 0 Å². The smallest absolute Gasteiger partial charge is 0.251 e. The number of nitrogens with one attached hydrogen (secondary N) is 2. The van der Waals surface area contributed by atoms with Crippen molar-refractivity contribution in [3.05, 3.63) is 52.7 Å². The Hall–Kier alpha value is -2.56. The summed E-state index contributed by atoms with van der Waals surface area (Å²) in [5.41, 5.74) is 1.08. The van der Waals surface area contributed by atoms with Crippen molar-refractivity contribution in [3.8, 4) is 10.7 Å². The lowest BCUT2D eigenvalue weighted by Crippen LogP contribution is -2.26. The van der Waals surface area contributed by atoms with Crippen LogP contribution in [-0.2, 0) is 16.4 Å². The lowest BCUT2D eigenvalue weighted by Gasteiger charge is -2.10. The van der Waals surface area contributed by atoms with Gasteiger partial charge in [-0.05, 0) is 56.0 Å². The van der Waals surface area contributed by atoms with Crippen molar-refractivity contribution in [2.24, 2.45) is 0 Å². The molecule has 0 aliphatic carbocycles. The Bertz CT molecular complexity index is 1090. The first kappa shape index (κ1) is 22.1. The predicted molar refractivity (Wildman–Crippen MR) is 115 cm³/mol. The van der Waals surface area contributed by atoms with Gasteiger partial charge in [-0.1, -0.05) is 23.7 Å². The van der Waals surface area contributed by atoms with Crippen LogP contribution < -0.4 is 10.0 Å². The third-order valence-electron chi connectivity index (χ3n) is 4.60. The molecule has 2 heterocycles. The Morgan fingerprint density at radius 1 is 1.20 bits per heavy atom. The molecule has 3 aromatic rings. The molecule has 0 saturated carbocycles. The third-order valence-corrected chi connectivity index (χ3v) is 6.87. The zero-order valence-corrected chi connectivity index (χ0v) is 18.5. The molecule has 1 amide bonds. The second kappa shape index (κ2) is 9.96. The van der Waals surface area contributed by atoms with Gasteiger partial charge in [0.2, 0.25) is 21.7 Å². The summed E-state index contributed by atoms with van der Waals surface area (Å²) >= 11 is 1.57. The van der Waals surface area contributed by atoms with E-state index in [0.29, 0.717) is 30.2 Å². The molecule has 3 rings (SSSR count). The molecule has 8 nitrogen and oxygen atoms in total. The number of thiophene rings is 1. The zero-order chi connectivity index (χ0) is 21.6. The summed E-state index contributed by atoms with van der Waals surface area (Å²) in [5, 5.41) is 8.81. The molecule has 0 saturated heterocycles. The zero-order valence-electron chi connectivity index (χ0n) is 16.8. The fourth-order valence-corrected chi connectivity index (χ4v) is 4.27. The number of hydrogen-bond donors (Lipinski definition) is 2. The van der Waals surface area contributed by atoms with Gasteiger partial charge in [-0.25, -0.2) is 13.1 Å². The number of benzene rings is 1. The Labute approximate surface area is 179 Å². The van der Waals surface area contributed by atoms with E-state index in [4.69, 9.17) is 4.52 Å². The minimum Gasteiger partial charge on any atom is -0.352 e. The van der Waals surface area contributed by atoms with E-state index in [-0.39, 0.29) is 10.8 Å². The van der Waals surface area contributed by atoms with Crippen LogP contribution in [0.25, 0.3) is 10.7 Å². The number of carbonyl (C=O) groups excluding carboxylic acids is 1. The molecule has 0 aliphatic rings. The standard InChI is InChI=1S/C20H24N4O4S2/c1-14-9-10-15(30(26,27)21-2)13-16(14)20(25)22-11-5-3-4-8-18-23-19(24-28-18)17-7-6-12-29-17/h6-7,9-10,12-13,21H,3-5,8,11H2,1-2H3,(H,22,25). The lowest BCUT2D eigenvalue weighted by atomic mass is 10.1. The van der Waals surface area contributed by atoms with E-state index in [1.54, 1.807) is 24.3 Å². The molecule has 160 valence electrons. The second-order valence-corrected chi connectivity index (χ2v) is 9.57. The largest absolute Gasteiger partial charge is 0.352 e. The predicted octanol–water partition coefficient (Wildman–Crippen LogP) is 3.16. The first-order valence-corrected chi connectivity index (χ1v) is 12.0. The molecule has 0 bridgehead atoms. The van der Waals surface area contributed by atoms with E-state index in [1.165, 1.54) is 19.2 Å². The van der Waals surface area contributed by atoms with Crippen LogP contribution in [-0.4, -0.2) is 38.1 Å². The van der Waals surface area contributed by atoms with Crippen LogP contribution in [0.1, 0.15) is 41.1 Å². The van der Waals surface area contributed by atoms with E-state index in [9.17, 15) is 13.2 Å². The number of hydrogen-bond acceptors (Lipinski definition) is 7. The molecule has 10 heteroatoms. The maximum absolute atomic E-state index is 12.4. The highest BCUT2D eigenvalue weighted by Crippen LogP contribution is 2.21. The van der Waals surface area contributed by atoms with Crippen LogP contribution in [0.4, 0.5) is 0 Å². The maximum atomic E-state index is 12.4. The summed E-state index contributed by atoms with van der Waals surface area (Å²) in [7, 11) is -2.25. The number of sulfonamides is 1. The molecule has 2 N–H and O–H groups in total. The van der Waals surface area contributed by atoms with Gasteiger partial charge in [0.15, 0.2) is 0 Å². The van der Waals surface area contributed by atoms with E-state index < -0.39 is 10.0 Å². The minimum atomic E-state index is -3.59. The van der Waals surface area contributed by atoms with E-state index in [2.05, 4.69) is 20.2 Å². The van der Waals surface area contributed by atoms with Gasteiger partial charge in [-0.3, -0.25) is 4.79 Å². The second-order valence-electron chi connectivity index (χ2n) is 6.74. The minimum absolute atomic E-state index is 0.0715. The molecule has 0 fully saturated rings. The number of unbranched alkanes of at least 4 members (excludes halogenated alkanes) is 2. The quantitative estimate of drug-likeness (QED) is 0.461. The topological polar surface area (TPSA) is 114 Å². The Morgan fingerprint density at radius 3 is 2.77 bits per heavy atom. The Morgan fingerprint density at radius 2 is 2.03 bits per heavy atom. The summed E-state index contributed by atoms with van der Waals surface area (Å²) in [4.78, 5) is 17.9. The first-order valence-electron chi connectivity index (χ1n) is 9.59. The van der Waals surface area contributed by atoms with Gasteiger partial charge in [0.1, 0.15) is 0 Å². The monoisotopic (exact) mass is 448 g/mol. The highest BCUT2D eigenvalue weighted by atomic mass is 32.2. The van der Waals surface area contributed by atoms with Crippen molar-refractivity contribution in [2.75, 3.05) is 13.6 Å². The maximum Gasteiger partial charge on any atom is 0.251 e. The number of aromatic nitrogens is 2. The van der Waals surface area contributed by atoms with Gasteiger partial charge in [-0.15, -0.1) is 11.3 Å². The van der Waals surface area contributed by atoms with Crippen molar-refractivity contribution in [1.82, 2.24) is 20.2 Å². The van der Waals surface area contributed by atoms with Crippen LogP contribution in [0.5, 0.6) is 0 Å². The van der Waals surface area contributed by atoms with Crippen LogP contribution in [0.15, 0.2) is 45.1 Å². The highest BCUT2D eigenvalue weighted by molar-refractivity contribution is 7.89. The molecule has 1 aromatic carbocycles. The van der Waals surface area contributed by atoms with E-state index in [1.807, 2.05) is 17.5 Å². The molecule has 0 unspecified atom stereocenters. The molecular weight excluding hydrogens is 424 g/mol. The molecule has 30 heavy (non-hydrogen) atoms. The van der Waals surface area contributed by atoms with E-state index >= 15 is 0 Å². The molecule has 0 radical (unpaired) electrons. The van der Waals surface area contributed by atoms with Crippen LogP contribution in [0, 0.1) is 6.92 Å². The Kier molecular flexibility index (Phi) is 7.35. The van der Waals surface area contributed by atoms with Crippen molar-refractivity contribution in [1.29, 1.82) is 0 Å². The van der Waals surface area contributed by atoms with Gasteiger partial charge in [-0.2, -0.15) is 4.98 Å². The van der Waals surface area contributed by atoms with Crippen LogP contribution >= 0.6 is 11.3 Å². The summed E-state index contributed by atoms with van der Waals surface area (Å²) in [5.74, 6) is 0.948. The molecule has 0 spiro atoms. The summed E-state index contributed by atoms with van der Waals surface area (Å²) in [6.07, 6.45) is 3.25. The van der Waals surface area contributed by atoms with Gasteiger partial charge in [0.25, 0.3) is 5.91 Å². The average molecular weight is 449 g/mol. The normalized spacial score (nSPS) is 11.5. The van der Waals surface area contributed by atoms with Crippen molar-refractivity contribution < 1.29 is 17.7 Å². The highest BCUT2D eigenvalue weighted by Gasteiger charge is 2.16. The SMILES string of the molecule is CNS(=O)(=O)c1ccc(C)c(C(=O)NCCCCCc2nc(-c3cccs3)no2)c1. The molecule has 0 atom stereocenters. The number of nitrogens with zero attached hydrogens (tertiary/aromatic N) is 2. The lowest BCUT2D eigenvalue weighted by molar-refractivity contribution is 0.0952. The number of aryl methyl sites for hydroxylation is 2. The van der Waals surface area contributed by atoms with Gasteiger partial charge < -0.3 is 9.84 Å². The van der Waals surface area contributed by atoms with Gasteiger partial charge in [0, 0.05) is 18.5 Å². The third kappa shape index (κ3) is 5.53. The fraction of sp³-hybridized carbons (Fsp3) is 0.350. The van der Waals surface area contributed by atoms with Gasteiger partial charge >= 0.3 is 0 Å². The first-order chi connectivity index (χ1) is 14.4. The van der Waals surface area contributed by atoms with Crippen molar-refractivity contribution >= 4 is 27.3 Å². The molecular formula is C20H24N4O4S2. The number of rotatable bonds is 10. The average Bonchev–Trinajstić information content (AvgIpc) is 3.42. The molecule has 0 aliphatic heterocycles. The summed E-state index contributed by atoms with van der Waals surface area (Å²) in [6, 6.07) is 8.42. The summed E-state index contributed by atoms with van der Waals surface area (Å²) in [6.45, 7) is 2.28. The summed E-state index contributed by atoms with van der Waals surface area (Å²) < 4.78 is 31.4. The van der Waals surface area contributed by atoms with Gasteiger partial charge in [0.05, 0.1) is 9.77 Å². The molecule has 2 aromatic heterocycles.